The van der Waals surface area contributed by atoms with Crippen LogP contribution < -0.4 is 5.32 Å². The van der Waals surface area contributed by atoms with Crippen LogP contribution in [0, 0.1) is 6.92 Å². The Morgan fingerprint density at radius 2 is 2.06 bits per heavy atom. The molecule has 0 saturated carbocycles. The monoisotopic (exact) mass is 452 g/mol. The molecular weight excluding hydrogens is 448 g/mol. The number of nitrogens with zero attached hydrogens (tertiary/aromatic N) is 1. The van der Waals surface area contributed by atoms with Crippen LogP contribution in [0.2, 0.25) is 0 Å². The van der Waals surface area contributed by atoms with Gasteiger partial charge in [-0.15, -0.1) is 11.3 Å². The highest BCUT2D eigenvalue weighted by molar-refractivity contribution is 9.13. The van der Waals surface area contributed by atoms with Gasteiger partial charge in [0.15, 0.2) is 0 Å². The van der Waals surface area contributed by atoms with Crippen LogP contribution in [-0.4, -0.2) is 10.9 Å². The predicted octanol–water partition coefficient (Wildman–Crippen LogP) is 4.99. The number of aryl methyl sites for hydroxylation is 1. The summed E-state index contributed by atoms with van der Waals surface area (Å²) in [6, 6.07) is 5.40. The average Bonchev–Trinajstić information content (AvgIpc) is 2.63. The van der Waals surface area contributed by atoms with E-state index < -0.39 is 0 Å². The summed E-state index contributed by atoms with van der Waals surface area (Å²) in [5.41, 5.74) is 1.48. The standard InChI is InChI=1S/C11H7Br3N2OS/c1-5-7(2-3-9(13)15-5)16-11(17)8-4-6(12)10(14)18-8/h2-4H,1H3,(H,16,17). The normalized spacial score (nSPS) is 10.4. The zero-order valence-corrected chi connectivity index (χ0v) is 14.7. The number of amides is 1. The van der Waals surface area contributed by atoms with E-state index in [0.717, 1.165) is 18.6 Å². The molecule has 0 spiro atoms. The molecule has 1 amide bonds. The van der Waals surface area contributed by atoms with Crippen molar-refractivity contribution in [3.8, 4) is 0 Å². The SMILES string of the molecule is Cc1nc(Br)ccc1NC(=O)c1cc(Br)c(Br)s1. The van der Waals surface area contributed by atoms with Gasteiger partial charge in [0.05, 0.1) is 20.0 Å². The van der Waals surface area contributed by atoms with E-state index in [-0.39, 0.29) is 5.91 Å². The van der Waals surface area contributed by atoms with Crippen LogP contribution >= 0.6 is 59.1 Å². The maximum atomic E-state index is 12.0. The molecule has 0 aromatic carbocycles. The number of hydrogen-bond acceptors (Lipinski definition) is 3. The van der Waals surface area contributed by atoms with Crippen LogP contribution in [0.15, 0.2) is 31.1 Å². The van der Waals surface area contributed by atoms with Gasteiger partial charge in [-0.3, -0.25) is 4.79 Å². The molecule has 0 saturated heterocycles. The van der Waals surface area contributed by atoms with Crippen LogP contribution in [0.1, 0.15) is 15.4 Å². The molecule has 0 aliphatic carbocycles. The van der Waals surface area contributed by atoms with Crippen molar-refractivity contribution in [3.63, 3.8) is 0 Å². The van der Waals surface area contributed by atoms with Gasteiger partial charge in [-0.1, -0.05) is 0 Å². The smallest absolute Gasteiger partial charge is 0.265 e. The lowest BCUT2D eigenvalue weighted by atomic mass is 10.3. The molecule has 94 valence electrons. The highest BCUT2D eigenvalue weighted by Gasteiger charge is 2.13. The van der Waals surface area contributed by atoms with Crippen LogP contribution in [0.25, 0.3) is 0 Å². The third kappa shape index (κ3) is 3.20. The minimum absolute atomic E-state index is 0.140. The summed E-state index contributed by atoms with van der Waals surface area (Å²) in [5, 5.41) is 2.84. The number of hydrogen-bond donors (Lipinski definition) is 1. The molecule has 0 unspecified atom stereocenters. The van der Waals surface area contributed by atoms with Crippen LogP contribution in [-0.2, 0) is 0 Å². The van der Waals surface area contributed by atoms with Crippen molar-refractivity contribution in [1.29, 1.82) is 0 Å². The van der Waals surface area contributed by atoms with E-state index in [0.29, 0.717) is 10.6 Å². The molecule has 0 radical (unpaired) electrons. The number of pyridine rings is 1. The summed E-state index contributed by atoms with van der Waals surface area (Å²) in [5.74, 6) is -0.140. The van der Waals surface area contributed by atoms with Crippen molar-refractivity contribution in [1.82, 2.24) is 4.98 Å². The van der Waals surface area contributed by atoms with E-state index in [2.05, 4.69) is 58.1 Å². The minimum atomic E-state index is -0.140. The number of anilines is 1. The van der Waals surface area contributed by atoms with Crippen LogP contribution in [0.4, 0.5) is 5.69 Å². The van der Waals surface area contributed by atoms with Crippen molar-refractivity contribution in [2.24, 2.45) is 0 Å². The lowest BCUT2D eigenvalue weighted by Gasteiger charge is -2.06. The molecule has 0 aliphatic rings. The van der Waals surface area contributed by atoms with Gasteiger partial charge < -0.3 is 5.32 Å². The van der Waals surface area contributed by atoms with Gasteiger partial charge in [0.2, 0.25) is 0 Å². The first-order valence-electron chi connectivity index (χ1n) is 4.86. The highest BCUT2D eigenvalue weighted by atomic mass is 79.9. The van der Waals surface area contributed by atoms with Crippen molar-refractivity contribution >= 4 is 70.7 Å². The number of halogens is 3. The summed E-state index contributed by atoms with van der Waals surface area (Å²) in [6.45, 7) is 1.85. The average molecular weight is 455 g/mol. The van der Waals surface area contributed by atoms with Gasteiger partial charge in [-0.05, 0) is 72.9 Å². The summed E-state index contributed by atoms with van der Waals surface area (Å²) in [6.07, 6.45) is 0. The second-order valence-electron chi connectivity index (χ2n) is 3.45. The van der Waals surface area contributed by atoms with Crippen LogP contribution in [0.3, 0.4) is 0 Å². The molecule has 0 aliphatic heterocycles. The molecule has 3 nitrogen and oxygen atoms in total. The molecule has 2 aromatic rings. The summed E-state index contributed by atoms with van der Waals surface area (Å²) >= 11 is 11.4. The van der Waals surface area contributed by atoms with E-state index in [4.69, 9.17) is 0 Å². The minimum Gasteiger partial charge on any atom is -0.320 e. The first-order valence-corrected chi connectivity index (χ1v) is 8.06. The Morgan fingerprint density at radius 3 is 2.61 bits per heavy atom. The Hall–Kier alpha value is -0.240. The van der Waals surface area contributed by atoms with Gasteiger partial charge in [-0.25, -0.2) is 4.98 Å². The molecule has 2 heterocycles. The van der Waals surface area contributed by atoms with Gasteiger partial charge in [0, 0.05) is 4.47 Å². The molecule has 0 bridgehead atoms. The Morgan fingerprint density at radius 1 is 1.33 bits per heavy atom. The quantitative estimate of drug-likeness (QED) is 0.649. The lowest BCUT2D eigenvalue weighted by molar-refractivity contribution is 0.103. The fraction of sp³-hybridized carbons (Fsp3) is 0.0909. The van der Waals surface area contributed by atoms with Crippen molar-refractivity contribution in [3.05, 3.63) is 41.6 Å². The molecular formula is C11H7Br3N2OS. The summed E-state index contributed by atoms with van der Waals surface area (Å²) < 4.78 is 2.53. The maximum absolute atomic E-state index is 12.0. The van der Waals surface area contributed by atoms with E-state index in [9.17, 15) is 4.79 Å². The Labute approximate surface area is 133 Å². The van der Waals surface area contributed by atoms with E-state index in [1.807, 2.05) is 13.0 Å². The third-order valence-corrected chi connectivity index (χ3v) is 5.87. The third-order valence-electron chi connectivity index (χ3n) is 2.17. The lowest BCUT2D eigenvalue weighted by Crippen LogP contribution is -2.11. The van der Waals surface area contributed by atoms with Gasteiger partial charge in [0.1, 0.15) is 4.60 Å². The topological polar surface area (TPSA) is 42.0 Å². The maximum Gasteiger partial charge on any atom is 0.265 e. The predicted molar refractivity (Wildman–Crippen MR) is 84.3 cm³/mol. The number of nitrogens with one attached hydrogen (secondary N) is 1. The molecule has 1 N–H and O–H groups in total. The Balaban J connectivity index is 2.21. The first kappa shape index (κ1) is 14.2. The van der Waals surface area contributed by atoms with Crippen molar-refractivity contribution in [2.75, 3.05) is 5.32 Å². The highest BCUT2D eigenvalue weighted by Crippen LogP contribution is 2.32. The van der Waals surface area contributed by atoms with Gasteiger partial charge in [-0.2, -0.15) is 0 Å². The zero-order valence-electron chi connectivity index (χ0n) is 9.13. The Bertz CT molecular complexity index is 593. The zero-order chi connectivity index (χ0) is 13.3. The molecule has 2 rings (SSSR count). The molecule has 7 heteroatoms. The molecule has 0 atom stereocenters. The number of rotatable bonds is 2. The Kier molecular flexibility index (Phi) is 4.58. The first-order chi connectivity index (χ1) is 8.47. The number of carbonyl (C=O) groups excluding carboxylic acids is 1. The van der Waals surface area contributed by atoms with Gasteiger partial charge >= 0.3 is 0 Å². The summed E-state index contributed by atoms with van der Waals surface area (Å²) in [7, 11) is 0. The van der Waals surface area contributed by atoms with E-state index in [1.54, 1.807) is 12.1 Å². The van der Waals surface area contributed by atoms with Crippen molar-refractivity contribution < 1.29 is 4.79 Å². The fourth-order valence-corrected chi connectivity index (χ4v) is 3.63. The number of carbonyl (C=O) groups is 1. The van der Waals surface area contributed by atoms with Crippen LogP contribution in [0.5, 0.6) is 0 Å². The number of thiophene rings is 1. The van der Waals surface area contributed by atoms with E-state index in [1.165, 1.54) is 11.3 Å². The number of aromatic nitrogens is 1. The fourth-order valence-electron chi connectivity index (χ4n) is 1.30. The second kappa shape index (κ2) is 5.81. The second-order valence-corrected chi connectivity index (χ2v) is 7.49. The van der Waals surface area contributed by atoms with E-state index >= 15 is 0 Å². The summed E-state index contributed by atoms with van der Waals surface area (Å²) in [4.78, 5) is 16.9. The molecule has 0 fully saturated rings. The molecule has 2 aromatic heterocycles. The molecule has 18 heavy (non-hydrogen) atoms. The van der Waals surface area contributed by atoms with Gasteiger partial charge in [0.25, 0.3) is 5.91 Å². The van der Waals surface area contributed by atoms with Crippen molar-refractivity contribution in [2.45, 2.75) is 6.92 Å². The largest absolute Gasteiger partial charge is 0.320 e.